The third-order valence-electron chi connectivity index (χ3n) is 3.95. The van der Waals surface area contributed by atoms with Crippen LogP contribution in [0.25, 0.3) is 0 Å². The summed E-state index contributed by atoms with van der Waals surface area (Å²) in [7, 11) is -1.73. The van der Waals surface area contributed by atoms with E-state index in [2.05, 4.69) is 47.7 Å². The van der Waals surface area contributed by atoms with Crippen LogP contribution >= 0.6 is 0 Å². The van der Waals surface area contributed by atoms with Crippen molar-refractivity contribution in [1.29, 1.82) is 0 Å². The number of allylic oxidation sites excluding steroid dienone is 1. The Labute approximate surface area is 114 Å². The van der Waals surface area contributed by atoms with Gasteiger partial charge in [-0.1, -0.05) is 40.7 Å². The Morgan fingerprint density at radius 3 is 2.17 bits per heavy atom. The van der Waals surface area contributed by atoms with Gasteiger partial charge in [-0.2, -0.15) is 0 Å². The molecule has 0 aliphatic rings. The lowest BCUT2D eigenvalue weighted by atomic mass is 10.0. The summed E-state index contributed by atoms with van der Waals surface area (Å²) in [6.45, 7) is 17.4. The van der Waals surface area contributed by atoms with Gasteiger partial charge in [-0.15, -0.1) is 0 Å². The zero-order valence-electron chi connectivity index (χ0n) is 13.3. The minimum absolute atomic E-state index is 0.209. The topological polar surface area (TPSA) is 26.3 Å². The second kappa shape index (κ2) is 6.67. The van der Waals surface area contributed by atoms with Gasteiger partial charge in [-0.25, -0.2) is 0 Å². The van der Waals surface area contributed by atoms with E-state index < -0.39 is 8.32 Å². The molecular formula is C15H30O2Si. The van der Waals surface area contributed by atoms with Crippen molar-refractivity contribution >= 4 is 14.6 Å². The number of hydrogen-bond acceptors (Lipinski definition) is 2. The molecule has 2 nitrogen and oxygen atoms in total. The molecule has 0 aromatic rings. The fourth-order valence-corrected chi connectivity index (χ4v) is 3.17. The van der Waals surface area contributed by atoms with Crippen molar-refractivity contribution < 1.29 is 9.22 Å². The summed E-state index contributed by atoms with van der Waals surface area (Å²) in [5.41, 5.74) is 0.791. The molecule has 0 aliphatic heterocycles. The monoisotopic (exact) mass is 270 g/mol. The smallest absolute Gasteiger partial charge is 0.192 e. The van der Waals surface area contributed by atoms with Gasteiger partial charge in [0.1, 0.15) is 6.29 Å². The van der Waals surface area contributed by atoms with Crippen molar-refractivity contribution in [1.82, 2.24) is 0 Å². The van der Waals surface area contributed by atoms with E-state index in [-0.39, 0.29) is 17.1 Å². The van der Waals surface area contributed by atoms with Crippen LogP contribution in [0.1, 0.15) is 48.0 Å². The number of carbonyl (C=O) groups excluding carboxylic acids is 1. The minimum atomic E-state index is -1.73. The molecule has 0 amide bonds. The molecule has 106 valence electrons. The predicted molar refractivity (Wildman–Crippen MR) is 81.3 cm³/mol. The molecule has 18 heavy (non-hydrogen) atoms. The standard InChI is InChI=1S/C15H30O2Si/c1-9-14(13(3)10-12(2)11-16)17-18(7,8)15(4,5)6/h10-11,13-14H,9H2,1-8H3/b12-10+/t13-,14+/m0/s1. The zero-order chi connectivity index (χ0) is 14.6. The first-order chi connectivity index (χ1) is 8.05. The van der Waals surface area contributed by atoms with Crippen LogP contribution < -0.4 is 0 Å². The molecule has 0 radical (unpaired) electrons. The Hall–Kier alpha value is -0.413. The first-order valence-electron chi connectivity index (χ1n) is 6.86. The fraction of sp³-hybridized carbons (Fsp3) is 0.800. The average molecular weight is 270 g/mol. The van der Waals surface area contributed by atoms with E-state index >= 15 is 0 Å². The maximum atomic E-state index is 10.7. The molecule has 0 rings (SSSR count). The van der Waals surface area contributed by atoms with Crippen molar-refractivity contribution in [3.05, 3.63) is 11.6 Å². The van der Waals surface area contributed by atoms with Gasteiger partial charge < -0.3 is 4.43 Å². The fourth-order valence-electron chi connectivity index (χ4n) is 1.68. The van der Waals surface area contributed by atoms with E-state index in [1.807, 2.05) is 13.0 Å². The number of hydrogen-bond donors (Lipinski definition) is 0. The van der Waals surface area contributed by atoms with Crippen LogP contribution in [0.15, 0.2) is 11.6 Å². The van der Waals surface area contributed by atoms with Gasteiger partial charge in [0.25, 0.3) is 0 Å². The third-order valence-corrected chi connectivity index (χ3v) is 8.46. The van der Waals surface area contributed by atoms with E-state index in [4.69, 9.17) is 4.43 Å². The maximum absolute atomic E-state index is 10.7. The van der Waals surface area contributed by atoms with Crippen molar-refractivity contribution in [2.24, 2.45) is 5.92 Å². The molecule has 2 atom stereocenters. The van der Waals surface area contributed by atoms with Crippen LogP contribution in [0, 0.1) is 5.92 Å². The largest absolute Gasteiger partial charge is 0.413 e. The summed E-state index contributed by atoms with van der Waals surface area (Å²) >= 11 is 0. The van der Waals surface area contributed by atoms with Gasteiger partial charge in [-0.05, 0) is 43.0 Å². The predicted octanol–water partition coefficient (Wildman–Crippen LogP) is 4.57. The summed E-state index contributed by atoms with van der Waals surface area (Å²) in [5, 5.41) is 0.226. The maximum Gasteiger partial charge on any atom is 0.192 e. The number of rotatable bonds is 6. The van der Waals surface area contributed by atoms with Crippen LogP contribution in [-0.2, 0) is 9.22 Å². The second-order valence-electron chi connectivity index (χ2n) is 6.71. The van der Waals surface area contributed by atoms with Gasteiger partial charge in [0.05, 0.1) is 6.10 Å². The van der Waals surface area contributed by atoms with Gasteiger partial charge in [0, 0.05) is 0 Å². The first kappa shape index (κ1) is 17.6. The van der Waals surface area contributed by atoms with Gasteiger partial charge in [0.15, 0.2) is 8.32 Å². The Bertz CT molecular complexity index is 300. The lowest BCUT2D eigenvalue weighted by molar-refractivity contribution is -0.104. The Morgan fingerprint density at radius 2 is 1.83 bits per heavy atom. The Morgan fingerprint density at radius 1 is 1.33 bits per heavy atom. The minimum Gasteiger partial charge on any atom is -0.413 e. The van der Waals surface area contributed by atoms with E-state index in [9.17, 15) is 4.79 Å². The number of carbonyl (C=O) groups is 1. The molecule has 0 fully saturated rings. The molecule has 0 heterocycles. The van der Waals surface area contributed by atoms with Crippen molar-refractivity contribution in [3.8, 4) is 0 Å². The first-order valence-corrected chi connectivity index (χ1v) is 9.77. The van der Waals surface area contributed by atoms with Crippen LogP contribution in [0.3, 0.4) is 0 Å². The van der Waals surface area contributed by atoms with Crippen LogP contribution in [0.5, 0.6) is 0 Å². The van der Waals surface area contributed by atoms with Crippen molar-refractivity contribution in [3.63, 3.8) is 0 Å². The van der Waals surface area contributed by atoms with Crippen LogP contribution in [-0.4, -0.2) is 20.7 Å². The lowest BCUT2D eigenvalue weighted by Gasteiger charge is -2.40. The molecule has 0 aromatic carbocycles. The molecule has 0 saturated heterocycles. The summed E-state index contributed by atoms with van der Waals surface area (Å²) < 4.78 is 6.44. The zero-order valence-corrected chi connectivity index (χ0v) is 14.3. The van der Waals surface area contributed by atoms with Crippen molar-refractivity contribution in [2.75, 3.05) is 0 Å². The molecule has 0 aliphatic carbocycles. The molecule has 0 bridgehead atoms. The van der Waals surface area contributed by atoms with E-state index in [0.29, 0.717) is 0 Å². The second-order valence-corrected chi connectivity index (χ2v) is 11.5. The summed E-state index contributed by atoms with van der Waals surface area (Å²) in [4.78, 5) is 10.7. The van der Waals surface area contributed by atoms with Gasteiger partial charge in [-0.3, -0.25) is 4.79 Å². The van der Waals surface area contributed by atoms with E-state index in [1.54, 1.807) is 0 Å². The molecule has 0 saturated carbocycles. The normalized spacial score (nSPS) is 17.4. The van der Waals surface area contributed by atoms with Crippen molar-refractivity contribution in [2.45, 2.75) is 72.2 Å². The SMILES string of the molecule is CC[C@@H](O[Si](C)(C)C(C)(C)C)[C@@H](C)/C=C(\C)C=O. The lowest BCUT2D eigenvalue weighted by Crippen LogP contribution is -2.45. The van der Waals surface area contributed by atoms with Crippen LogP contribution in [0.2, 0.25) is 18.1 Å². The molecule has 3 heteroatoms. The Kier molecular flexibility index (Phi) is 6.51. The molecule has 0 spiro atoms. The highest BCUT2D eigenvalue weighted by Gasteiger charge is 2.39. The highest BCUT2D eigenvalue weighted by Crippen LogP contribution is 2.38. The third kappa shape index (κ3) is 5.07. The number of aldehydes is 1. The Balaban J connectivity index is 4.87. The van der Waals surface area contributed by atoms with Gasteiger partial charge in [0.2, 0.25) is 0 Å². The van der Waals surface area contributed by atoms with E-state index in [0.717, 1.165) is 18.3 Å². The summed E-state index contributed by atoms with van der Waals surface area (Å²) in [6.07, 6.45) is 4.13. The van der Waals surface area contributed by atoms with Crippen LogP contribution in [0.4, 0.5) is 0 Å². The summed E-state index contributed by atoms with van der Waals surface area (Å²) in [6, 6.07) is 0. The molecule has 0 unspecified atom stereocenters. The van der Waals surface area contributed by atoms with E-state index in [1.165, 1.54) is 0 Å². The molecule has 0 N–H and O–H groups in total. The molecule has 0 aromatic heterocycles. The highest BCUT2D eigenvalue weighted by atomic mass is 28.4. The molecular weight excluding hydrogens is 240 g/mol. The quantitative estimate of drug-likeness (QED) is 0.401. The highest BCUT2D eigenvalue weighted by molar-refractivity contribution is 6.74. The van der Waals surface area contributed by atoms with Gasteiger partial charge >= 0.3 is 0 Å². The summed E-state index contributed by atoms with van der Waals surface area (Å²) in [5.74, 6) is 0.286. The average Bonchev–Trinajstić information content (AvgIpc) is 2.23.